The second-order valence-corrected chi connectivity index (χ2v) is 6.25. The molecule has 17 heavy (non-hydrogen) atoms. The lowest BCUT2D eigenvalue weighted by Gasteiger charge is -2.15. The van der Waals surface area contributed by atoms with Crippen LogP contribution in [0.2, 0.25) is 0 Å². The van der Waals surface area contributed by atoms with E-state index in [1.54, 1.807) is 5.57 Å². The van der Waals surface area contributed by atoms with E-state index in [9.17, 15) is 0 Å². The van der Waals surface area contributed by atoms with Gasteiger partial charge in [-0.1, -0.05) is 78.9 Å². The van der Waals surface area contributed by atoms with E-state index in [0.29, 0.717) is 5.41 Å². The fourth-order valence-electron chi connectivity index (χ4n) is 1.80. The molecule has 0 saturated heterocycles. The SMILES string of the molecule is CCCC(C)(C)C.CCCC/C=C(/C)CCC. The summed E-state index contributed by atoms with van der Waals surface area (Å²) in [4.78, 5) is 0. The van der Waals surface area contributed by atoms with Crippen LogP contribution in [-0.2, 0) is 0 Å². The molecule has 0 unspecified atom stereocenters. The molecule has 0 atom stereocenters. The highest BCUT2D eigenvalue weighted by molar-refractivity contribution is 4.96. The van der Waals surface area contributed by atoms with Crippen LogP contribution in [0.25, 0.3) is 0 Å². The first-order valence-corrected chi connectivity index (χ1v) is 7.53. The van der Waals surface area contributed by atoms with E-state index in [-0.39, 0.29) is 0 Å². The molecule has 0 spiro atoms. The van der Waals surface area contributed by atoms with E-state index in [4.69, 9.17) is 0 Å². The largest absolute Gasteiger partial charge is 0.0856 e. The second kappa shape index (κ2) is 12.2. The third-order valence-corrected chi connectivity index (χ3v) is 2.69. The van der Waals surface area contributed by atoms with Gasteiger partial charge in [0.25, 0.3) is 0 Å². The molecule has 0 aromatic carbocycles. The highest BCUT2D eigenvalue weighted by atomic mass is 14.1. The minimum atomic E-state index is 0.550. The van der Waals surface area contributed by atoms with Gasteiger partial charge in [-0.25, -0.2) is 0 Å². The summed E-state index contributed by atoms with van der Waals surface area (Å²) in [6.45, 7) is 15.8. The van der Waals surface area contributed by atoms with Crippen LogP contribution >= 0.6 is 0 Å². The fourth-order valence-corrected chi connectivity index (χ4v) is 1.80. The van der Waals surface area contributed by atoms with E-state index in [2.05, 4.69) is 54.5 Å². The number of hydrogen-bond donors (Lipinski definition) is 0. The predicted octanol–water partition coefficient (Wildman–Crippen LogP) is 6.76. The van der Waals surface area contributed by atoms with E-state index in [0.717, 1.165) is 0 Å². The van der Waals surface area contributed by atoms with Crippen LogP contribution in [0.15, 0.2) is 11.6 Å². The molecular weight excluding hydrogens is 204 g/mol. The average molecular weight is 240 g/mol. The molecule has 0 saturated carbocycles. The van der Waals surface area contributed by atoms with Crippen molar-refractivity contribution in [2.75, 3.05) is 0 Å². The highest BCUT2D eigenvalue weighted by Gasteiger charge is 2.06. The van der Waals surface area contributed by atoms with Gasteiger partial charge in [0.1, 0.15) is 0 Å². The van der Waals surface area contributed by atoms with Gasteiger partial charge in [-0.15, -0.1) is 0 Å². The van der Waals surface area contributed by atoms with Crippen molar-refractivity contribution in [3.8, 4) is 0 Å². The van der Waals surface area contributed by atoms with Crippen molar-refractivity contribution >= 4 is 0 Å². The van der Waals surface area contributed by atoms with E-state index in [1.807, 2.05) is 0 Å². The lowest BCUT2D eigenvalue weighted by molar-refractivity contribution is 0.373. The summed E-state index contributed by atoms with van der Waals surface area (Å²) in [7, 11) is 0. The molecule has 0 heterocycles. The quantitative estimate of drug-likeness (QED) is 0.355. The molecule has 0 aliphatic rings. The van der Waals surface area contributed by atoms with Gasteiger partial charge in [-0.3, -0.25) is 0 Å². The predicted molar refractivity (Wildman–Crippen MR) is 82.6 cm³/mol. The van der Waals surface area contributed by atoms with Crippen LogP contribution in [0.1, 0.15) is 93.4 Å². The third kappa shape index (κ3) is 21.6. The number of hydrogen-bond acceptors (Lipinski definition) is 0. The topological polar surface area (TPSA) is 0 Å². The maximum Gasteiger partial charge on any atom is -0.0326 e. The van der Waals surface area contributed by atoms with Crippen LogP contribution < -0.4 is 0 Å². The Balaban J connectivity index is 0. The first kappa shape index (κ1) is 19.1. The third-order valence-electron chi connectivity index (χ3n) is 2.69. The molecule has 0 nitrogen and oxygen atoms in total. The molecule has 0 aromatic heterocycles. The Morgan fingerprint density at radius 2 is 1.53 bits per heavy atom. The summed E-state index contributed by atoms with van der Waals surface area (Å²) in [6.07, 6.45) is 11.5. The van der Waals surface area contributed by atoms with E-state index < -0.39 is 0 Å². The summed E-state index contributed by atoms with van der Waals surface area (Å²) in [6, 6.07) is 0. The summed E-state index contributed by atoms with van der Waals surface area (Å²) in [5.74, 6) is 0. The molecule has 0 N–H and O–H groups in total. The minimum absolute atomic E-state index is 0.550. The van der Waals surface area contributed by atoms with Gasteiger partial charge in [0.05, 0.1) is 0 Å². The molecule has 0 bridgehead atoms. The van der Waals surface area contributed by atoms with Crippen LogP contribution in [0.3, 0.4) is 0 Å². The molecule has 0 heteroatoms. The van der Waals surface area contributed by atoms with Crippen molar-refractivity contribution in [3.63, 3.8) is 0 Å². The maximum absolute atomic E-state index is 2.38. The smallest absolute Gasteiger partial charge is 0.0326 e. The minimum Gasteiger partial charge on any atom is -0.0856 e. The first-order chi connectivity index (χ1) is 7.87. The van der Waals surface area contributed by atoms with Gasteiger partial charge in [-0.2, -0.15) is 0 Å². The monoisotopic (exact) mass is 240 g/mol. The number of unbranched alkanes of at least 4 members (excludes halogenated alkanes) is 2. The zero-order valence-corrected chi connectivity index (χ0v) is 13.5. The summed E-state index contributed by atoms with van der Waals surface area (Å²) >= 11 is 0. The molecule has 0 aliphatic heterocycles. The fraction of sp³-hybridized carbons (Fsp3) is 0.882. The Morgan fingerprint density at radius 1 is 0.941 bits per heavy atom. The number of rotatable bonds is 6. The molecule has 0 fully saturated rings. The van der Waals surface area contributed by atoms with Gasteiger partial charge in [0, 0.05) is 0 Å². The standard InChI is InChI=1S/C10H20.C7H16/c1-4-6-7-9-10(3)8-5-2;1-5-6-7(2,3)4/h9H,4-8H2,1-3H3;5-6H2,1-4H3/b10-9-;. The Hall–Kier alpha value is -0.260. The molecule has 0 radical (unpaired) electrons. The number of allylic oxidation sites excluding steroid dienone is 2. The van der Waals surface area contributed by atoms with E-state index in [1.165, 1.54) is 44.9 Å². The molecule has 0 aliphatic carbocycles. The summed E-state index contributed by atoms with van der Waals surface area (Å²) < 4.78 is 0. The Morgan fingerprint density at radius 3 is 1.82 bits per heavy atom. The van der Waals surface area contributed by atoms with Crippen molar-refractivity contribution < 1.29 is 0 Å². The molecule has 0 rings (SSSR count). The van der Waals surface area contributed by atoms with Crippen LogP contribution in [0, 0.1) is 5.41 Å². The van der Waals surface area contributed by atoms with Crippen molar-refractivity contribution in [1.82, 2.24) is 0 Å². The van der Waals surface area contributed by atoms with Gasteiger partial charge in [0.15, 0.2) is 0 Å². The lowest BCUT2D eigenvalue weighted by Crippen LogP contribution is -2.02. The highest BCUT2D eigenvalue weighted by Crippen LogP contribution is 2.19. The zero-order valence-electron chi connectivity index (χ0n) is 13.5. The second-order valence-electron chi connectivity index (χ2n) is 6.25. The Kier molecular flexibility index (Phi) is 13.7. The van der Waals surface area contributed by atoms with Gasteiger partial charge in [0.2, 0.25) is 0 Å². The van der Waals surface area contributed by atoms with Crippen LogP contribution in [0.4, 0.5) is 0 Å². The van der Waals surface area contributed by atoms with Gasteiger partial charge < -0.3 is 0 Å². The molecule has 0 aromatic rings. The van der Waals surface area contributed by atoms with Gasteiger partial charge in [-0.05, 0) is 31.6 Å². The molecule has 104 valence electrons. The van der Waals surface area contributed by atoms with Crippen molar-refractivity contribution in [2.24, 2.45) is 5.41 Å². The average Bonchev–Trinajstić information content (AvgIpc) is 2.17. The lowest BCUT2D eigenvalue weighted by atomic mass is 9.91. The zero-order chi connectivity index (χ0) is 13.7. The van der Waals surface area contributed by atoms with Crippen molar-refractivity contribution in [1.29, 1.82) is 0 Å². The van der Waals surface area contributed by atoms with Gasteiger partial charge >= 0.3 is 0 Å². The maximum atomic E-state index is 2.38. The summed E-state index contributed by atoms with van der Waals surface area (Å²) in [5, 5.41) is 0. The first-order valence-electron chi connectivity index (χ1n) is 7.53. The van der Waals surface area contributed by atoms with Crippen molar-refractivity contribution in [3.05, 3.63) is 11.6 Å². The van der Waals surface area contributed by atoms with E-state index >= 15 is 0 Å². The Bertz CT molecular complexity index is 169. The summed E-state index contributed by atoms with van der Waals surface area (Å²) in [5.41, 5.74) is 2.12. The molecular formula is C17H36. The Labute approximate surface area is 111 Å². The van der Waals surface area contributed by atoms with Crippen LogP contribution in [-0.4, -0.2) is 0 Å². The molecule has 0 amide bonds. The van der Waals surface area contributed by atoms with Crippen LogP contribution in [0.5, 0.6) is 0 Å². The van der Waals surface area contributed by atoms with Crippen molar-refractivity contribution in [2.45, 2.75) is 93.4 Å². The normalized spacial score (nSPS) is 12.1.